The van der Waals surface area contributed by atoms with Crippen molar-refractivity contribution in [3.63, 3.8) is 0 Å². The van der Waals surface area contributed by atoms with Gasteiger partial charge >= 0.3 is 0 Å². The first-order valence-corrected chi connectivity index (χ1v) is 7.98. The molecule has 114 valence electrons. The number of Topliss-reactive ketones (excluding diaryl/α,β-unsaturated/α-hetero) is 1. The van der Waals surface area contributed by atoms with Crippen molar-refractivity contribution in [2.45, 2.75) is 32.8 Å². The first kappa shape index (κ1) is 15.2. The Labute approximate surface area is 141 Å². The van der Waals surface area contributed by atoms with Gasteiger partial charge in [0.15, 0.2) is 21.4 Å². The maximum atomic E-state index is 12.4. The molecule has 0 saturated carbocycles. The number of allylic oxidation sites excluding steroid dienone is 2. The molecular weight excluding hydrogens is 395 g/mol. The Morgan fingerprint density at radius 2 is 2.14 bits per heavy atom. The summed E-state index contributed by atoms with van der Waals surface area (Å²) in [7, 11) is 0. The number of carbonyl (C=O) groups excluding carboxylic acids is 1. The number of ether oxygens (including phenoxy) is 1. The van der Waals surface area contributed by atoms with E-state index in [0.717, 1.165) is 0 Å². The highest BCUT2D eigenvalue weighted by Crippen LogP contribution is 2.46. The second-order valence-corrected chi connectivity index (χ2v) is 7.38. The van der Waals surface area contributed by atoms with Crippen molar-refractivity contribution in [2.75, 3.05) is 0 Å². The zero-order valence-electron chi connectivity index (χ0n) is 12.3. The van der Waals surface area contributed by atoms with E-state index in [2.05, 4.69) is 6.07 Å². The molecule has 0 radical (unpaired) electrons. The molecule has 5 nitrogen and oxygen atoms in total. The number of nitrogens with zero attached hydrogens (tertiary/aromatic N) is 1. The molecule has 6 heteroatoms. The summed E-state index contributed by atoms with van der Waals surface area (Å²) in [6.07, 6.45) is 0.327. The maximum absolute atomic E-state index is 12.4. The average molecular weight is 410 g/mol. The van der Waals surface area contributed by atoms with Gasteiger partial charge in [-0.3, -0.25) is 4.79 Å². The highest BCUT2D eigenvalue weighted by molar-refractivity contribution is 14.1. The molecule has 0 amide bonds. The summed E-state index contributed by atoms with van der Waals surface area (Å²) in [5, 5.41) is 9.43. The summed E-state index contributed by atoms with van der Waals surface area (Å²) < 4.78 is 12.2. The van der Waals surface area contributed by atoms with Crippen LogP contribution < -0.4 is 5.73 Å². The van der Waals surface area contributed by atoms with Crippen LogP contribution in [0.3, 0.4) is 0 Å². The Balaban J connectivity index is 2.10. The van der Waals surface area contributed by atoms with Crippen molar-refractivity contribution in [1.29, 1.82) is 5.26 Å². The maximum Gasteiger partial charge on any atom is 0.192 e. The van der Waals surface area contributed by atoms with E-state index in [-0.39, 0.29) is 22.5 Å². The van der Waals surface area contributed by atoms with Crippen LogP contribution in [0.1, 0.15) is 38.6 Å². The number of nitrogens with two attached hydrogens (primary N) is 1. The molecular formula is C16H15IN2O3. The van der Waals surface area contributed by atoms with Crippen molar-refractivity contribution < 1.29 is 13.9 Å². The van der Waals surface area contributed by atoms with Crippen molar-refractivity contribution in [3.05, 3.63) is 44.3 Å². The van der Waals surface area contributed by atoms with E-state index in [1.54, 1.807) is 12.1 Å². The molecule has 2 aliphatic rings. The quantitative estimate of drug-likeness (QED) is 0.718. The third-order valence-electron chi connectivity index (χ3n) is 3.89. The van der Waals surface area contributed by atoms with Crippen molar-refractivity contribution >= 4 is 28.4 Å². The Bertz CT molecular complexity index is 765. The smallest absolute Gasteiger partial charge is 0.192 e. The van der Waals surface area contributed by atoms with E-state index in [1.807, 2.05) is 36.4 Å². The lowest BCUT2D eigenvalue weighted by molar-refractivity contribution is -0.118. The summed E-state index contributed by atoms with van der Waals surface area (Å²) in [5.74, 6) is 1.02. The van der Waals surface area contributed by atoms with Gasteiger partial charge < -0.3 is 14.9 Å². The van der Waals surface area contributed by atoms with Gasteiger partial charge in [-0.05, 0) is 40.1 Å². The molecule has 2 N–H and O–H groups in total. The number of rotatable bonds is 1. The van der Waals surface area contributed by atoms with Crippen LogP contribution in [0, 0.1) is 20.5 Å². The van der Waals surface area contributed by atoms with Crippen LogP contribution in [0.4, 0.5) is 0 Å². The van der Waals surface area contributed by atoms with Gasteiger partial charge in [-0.1, -0.05) is 13.8 Å². The lowest BCUT2D eigenvalue weighted by Gasteiger charge is -2.36. The molecule has 0 saturated heterocycles. The van der Waals surface area contributed by atoms with Gasteiger partial charge in [0.1, 0.15) is 17.4 Å². The second kappa shape index (κ2) is 5.16. The number of carbonyl (C=O) groups is 1. The number of ketones is 1. The monoisotopic (exact) mass is 410 g/mol. The van der Waals surface area contributed by atoms with Crippen molar-refractivity contribution in [2.24, 2.45) is 11.1 Å². The predicted octanol–water partition coefficient (Wildman–Crippen LogP) is 3.34. The third kappa shape index (κ3) is 2.43. The van der Waals surface area contributed by atoms with E-state index in [0.29, 0.717) is 33.7 Å². The summed E-state index contributed by atoms with van der Waals surface area (Å²) in [4.78, 5) is 12.4. The highest BCUT2D eigenvalue weighted by atomic mass is 127. The lowest BCUT2D eigenvalue weighted by atomic mass is 9.74. The van der Waals surface area contributed by atoms with Crippen LogP contribution in [0.15, 0.2) is 39.2 Å². The Hall–Kier alpha value is -1.75. The van der Waals surface area contributed by atoms with Crippen molar-refractivity contribution in [1.82, 2.24) is 0 Å². The SMILES string of the molecule is CC1(C)CC(=O)C2=C(C1)O[C@@H](c1ccc(I)o1)C(C#N)=C2N. The largest absolute Gasteiger partial charge is 0.480 e. The molecule has 1 atom stereocenters. The van der Waals surface area contributed by atoms with Gasteiger partial charge in [-0.15, -0.1) is 0 Å². The molecule has 1 aliphatic carbocycles. The molecule has 0 unspecified atom stereocenters. The summed E-state index contributed by atoms with van der Waals surface area (Å²) in [6.45, 7) is 4.03. The molecule has 0 bridgehead atoms. The molecule has 1 aliphatic heterocycles. The number of halogens is 1. The number of nitriles is 1. The summed E-state index contributed by atoms with van der Waals surface area (Å²) in [5.41, 5.74) is 6.76. The Morgan fingerprint density at radius 1 is 1.41 bits per heavy atom. The second-order valence-electron chi connectivity index (χ2n) is 6.32. The molecule has 1 aromatic heterocycles. The standard InChI is InChI=1S/C16H15IN2O3/c1-16(2)5-9(20)13-11(6-16)22-15(8(7-18)14(13)19)10-3-4-12(17)21-10/h3-4,15H,5-6,19H2,1-2H3/t15-/m1/s1. The molecule has 2 heterocycles. The van der Waals surface area contributed by atoms with Crippen LogP contribution in [0.25, 0.3) is 0 Å². The van der Waals surface area contributed by atoms with Gasteiger partial charge in [0.05, 0.1) is 11.3 Å². The topological polar surface area (TPSA) is 89.2 Å². The van der Waals surface area contributed by atoms with E-state index < -0.39 is 6.10 Å². The molecule has 0 fully saturated rings. The van der Waals surface area contributed by atoms with Crippen molar-refractivity contribution in [3.8, 4) is 6.07 Å². The van der Waals surface area contributed by atoms with Gasteiger partial charge in [-0.25, -0.2) is 0 Å². The van der Waals surface area contributed by atoms with E-state index in [9.17, 15) is 10.1 Å². The number of furan rings is 1. The fourth-order valence-corrected chi connectivity index (χ4v) is 3.36. The van der Waals surface area contributed by atoms with Crippen LogP contribution >= 0.6 is 22.6 Å². The minimum atomic E-state index is -0.686. The molecule has 0 spiro atoms. The fourth-order valence-electron chi connectivity index (χ4n) is 2.93. The van der Waals surface area contributed by atoms with E-state index >= 15 is 0 Å². The molecule has 22 heavy (non-hydrogen) atoms. The minimum absolute atomic E-state index is 0.0658. The van der Waals surface area contributed by atoms with Gasteiger partial charge in [-0.2, -0.15) is 5.26 Å². The number of hydrogen-bond acceptors (Lipinski definition) is 5. The Kier molecular flexibility index (Phi) is 3.56. The normalized spacial score (nSPS) is 23.9. The van der Waals surface area contributed by atoms with Crippen LogP contribution in [0.2, 0.25) is 0 Å². The first-order valence-electron chi connectivity index (χ1n) is 6.91. The van der Waals surface area contributed by atoms with E-state index in [1.165, 1.54) is 0 Å². The number of hydrogen-bond donors (Lipinski definition) is 1. The van der Waals surface area contributed by atoms with Crippen LogP contribution in [0.5, 0.6) is 0 Å². The fraction of sp³-hybridized carbons (Fsp3) is 0.375. The molecule has 1 aromatic rings. The average Bonchev–Trinajstić information content (AvgIpc) is 2.82. The van der Waals surface area contributed by atoms with Gasteiger partial charge in [0.2, 0.25) is 0 Å². The Morgan fingerprint density at radius 3 is 2.73 bits per heavy atom. The predicted molar refractivity (Wildman–Crippen MR) is 87.1 cm³/mol. The first-order chi connectivity index (χ1) is 10.3. The molecule has 0 aromatic carbocycles. The van der Waals surface area contributed by atoms with Crippen LogP contribution in [-0.4, -0.2) is 5.78 Å². The van der Waals surface area contributed by atoms with Gasteiger partial charge in [0, 0.05) is 12.8 Å². The zero-order chi connectivity index (χ0) is 16.1. The zero-order valence-corrected chi connectivity index (χ0v) is 14.4. The lowest BCUT2D eigenvalue weighted by Crippen LogP contribution is -2.33. The van der Waals surface area contributed by atoms with Crippen LogP contribution in [-0.2, 0) is 9.53 Å². The van der Waals surface area contributed by atoms with E-state index in [4.69, 9.17) is 14.9 Å². The highest BCUT2D eigenvalue weighted by Gasteiger charge is 2.41. The van der Waals surface area contributed by atoms with Gasteiger partial charge in [0.25, 0.3) is 0 Å². The third-order valence-corrected chi connectivity index (χ3v) is 4.47. The molecule has 3 rings (SSSR count). The minimum Gasteiger partial charge on any atom is -0.480 e. The summed E-state index contributed by atoms with van der Waals surface area (Å²) in [6, 6.07) is 5.62. The summed E-state index contributed by atoms with van der Waals surface area (Å²) >= 11 is 2.05.